The summed E-state index contributed by atoms with van der Waals surface area (Å²) < 4.78 is 15.5. The first-order valence-electron chi connectivity index (χ1n) is 13.4. The molecule has 9 atom stereocenters. The van der Waals surface area contributed by atoms with Crippen molar-refractivity contribution in [1.29, 1.82) is 0 Å². The van der Waals surface area contributed by atoms with Crippen LogP contribution in [0.25, 0.3) is 0 Å². The van der Waals surface area contributed by atoms with Gasteiger partial charge >= 0.3 is 17.9 Å². The van der Waals surface area contributed by atoms with Gasteiger partial charge in [0.25, 0.3) is 0 Å². The summed E-state index contributed by atoms with van der Waals surface area (Å²) in [5.41, 5.74) is 0.196. The molecule has 0 aromatic carbocycles. The molecule has 7 nitrogen and oxygen atoms in total. The van der Waals surface area contributed by atoms with Crippen LogP contribution in [0, 0.1) is 40.4 Å². The first-order valence-corrected chi connectivity index (χ1v) is 13.4. The minimum Gasteiger partial charge on any atom is -0.466 e. The highest BCUT2D eigenvalue weighted by atomic mass is 16.6. The van der Waals surface area contributed by atoms with Crippen LogP contribution in [0.1, 0.15) is 91.9 Å². The third-order valence-corrected chi connectivity index (χ3v) is 10.5. The van der Waals surface area contributed by atoms with E-state index in [9.17, 15) is 19.2 Å². The van der Waals surface area contributed by atoms with E-state index in [1.54, 1.807) is 0 Å². The summed E-state index contributed by atoms with van der Waals surface area (Å²) >= 11 is 0. The predicted octanol–water partition coefficient (Wildman–Crippen LogP) is 4.64. The molecule has 0 amide bonds. The van der Waals surface area contributed by atoms with E-state index in [-0.39, 0.29) is 41.0 Å². The van der Waals surface area contributed by atoms with Gasteiger partial charge in [0.15, 0.2) is 0 Å². The molecule has 4 rings (SSSR count). The van der Waals surface area contributed by atoms with Crippen molar-refractivity contribution in [2.75, 3.05) is 7.11 Å². The van der Waals surface area contributed by atoms with Crippen LogP contribution in [0.5, 0.6) is 0 Å². The monoisotopic (exact) mass is 490 g/mol. The molecule has 0 radical (unpaired) electrons. The fourth-order valence-electron chi connectivity index (χ4n) is 8.92. The number of Topliss-reactive ketones (excluding diaryl/α,β-unsaturated/α-hetero) is 1. The number of carbonyl (C=O) groups excluding carboxylic acids is 4. The molecule has 35 heavy (non-hydrogen) atoms. The molecular weight excluding hydrogens is 448 g/mol. The van der Waals surface area contributed by atoms with Crippen LogP contribution in [-0.4, -0.2) is 43.0 Å². The third-order valence-electron chi connectivity index (χ3n) is 10.5. The summed E-state index contributed by atoms with van der Waals surface area (Å²) in [6, 6.07) is 0. The standard InChI is InChI=1S/C28H42O7/c1-16(29)34-19-10-12-27(3)18(14-19)6-7-20-21-8-9-23(28(21,4)13-11-22(20)27)24(31)15-25(26(32)33-5)35-17(2)30/h18-23,25H,6-15H2,1-5H3/t18-,19-,20+,21+,22+,23-,25+,27+,28+/m1/s1. The molecule has 0 saturated heterocycles. The van der Waals surface area contributed by atoms with Gasteiger partial charge in [0, 0.05) is 19.8 Å². The van der Waals surface area contributed by atoms with Crippen LogP contribution in [0.3, 0.4) is 0 Å². The smallest absolute Gasteiger partial charge is 0.347 e. The normalized spacial score (nSPS) is 40.9. The van der Waals surface area contributed by atoms with Gasteiger partial charge in [0.05, 0.1) is 13.5 Å². The molecule has 4 aliphatic rings. The second-order valence-corrected chi connectivity index (χ2v) is 12.1. The molecule has 0 heterocycles. The molecule has 4 aliphatic carbocycles. The second-order valence-electron chi connectivity index (χ2n) is 12.1. The number of esters is 3. The Labute approximate surface area is 209 Å². The maximum atomic E-state index is 13.5. The lowest BCUT2D eigenvalue weighted by atomic mass is 9.44. The zero-order valence-electron chi connectivity index (χ0n) is 22.0. The Kier molecular flexibility index (Phi) is 7.36. The average molecular weight is 491 g/mol. The Morgan fingerprint density at radius 1 is 0.857 bits per heavy atom. The molecule has 196 valence electrons. The summed E-state index contributed by atoms with van der Waals surface area (Å²) in [7, 11) is 1.24. The van der Waals surface area contributed by atoms with Crippen molar-refractivity contribution in [2.45, 2.75) is 104 Å². The Hall–Kier alpha value is -1.92. The van der Waals surface area contributed by atoms with E-state index in [4.69, 9.17) is 14.2 Å². The number of fused-ring (bicyclic) bond motifs is 5. The van der Waals surface area contributed by atoms with E-state index >= 15 is 0 Å². The zero-order chi connectivity index (χ0) is 25.5. The number of ketones is 1. The Morgan fingerprint density at radius 2 is 1.54 bits per heavy atom. The molecule has 4 saturated carbocycles. The molecule has 0 aliphatic heterocycles. The van der Waals surface area contributed by atoms with Crippen LogP contribution in [-0.2, 0) is 33.4 Å². The first-order chi connectivity index (χ1) is 16.5. The quantitative estimate of drug-likeness (QED) is 0.395. The summed E-state index contributed by atoms with van der Waals surface area (Å²) in [6.07, 6.45) is 8.18. The van der Waals surface area contributed by atoms with Gasteiger partial charge in [-0.2, -0.15) is 0 Å². The van der Waals surface area contributed by atoms with Gasteiger partial charge in [0.1, 0.15) is 11.9 Å². The average Bonchev–Trinajstić information content (AvgIpc) is 3.15. The third kappa shape index (κ3) is 4.76. The van der Waals surface area contributed by atoms with Gasteiger partial charge in [-0.25, -0.2) is 4.79 Å². The lowest BCUT2D eigenvalue weighted by Crippen LogP contribution is -2.54. The Balaban J connectivity index is 1.47. The van der Waals surface area contributed by atoms with E-state index in [2.05, 4.69) is 13.8 Å². The van der Waals surface area contributed by atoms with E-state index in [0.29, 0.717) is 23.7 Å². The molecule has 7 heteroatoms. The van der Waals surface area contributed by atoms with Crippen molar-refractivity contribution in [3.05, 3.63) is 0 Å². The van der Waals surface area contributed by atoms with E-state index in [1.807, 2.05) is 0 Å². The van der Waals surface area contributed by atoms with Crippen LogP contribution in [0.4, 0.5) is 0 Å². The van der Waals surface area contributed by atoms with Crippen LogP contribution in [0.2, 0.25) is 0 Å². The van der Waals surface area contributed by atoms with Gasteiger partial charge in [-0.05, 0) is 92.3 Å². The molecule has 0 aromatic heterocycles. The highest BCUT2D eigenvalue weighted by Crippen LogP contribution is 2.67. The molecule has 4 fully saturated rings. The summed E-state index contributed by atoms with van der Waals surface area (Å²) in [5, 5.41) is 0. The molecule has 0 bridgehead atoms. The maximum Gasteiger partial charge on any atom is 0.347 e. The summed E-state index contributed by atoms with van der Waals surface area (Å²) in [6.45, 7) is 7.50. The molecule has 0 unspecified atom stereocenters. The Morgan fingerprint density at radius 3 is 2.20 bits per heavy atom. The largest absolute Gasteiger partial charge is 0.466 e. The van der Waals surface area contributed by atoms with Crippen molar-refractivity contribution in [2.24, 2.45) is 40.4 Å². The minimum absolute atomic E-state index is 0.0203. The number of ether oxygens (including phenoxy) is 3. The van der Waals surface area contributed by atoms with E-state index in [1.165, 1.54) is 27.4 Å². The van der Waals surface area contributed by atoms with Crippen LogP contribution < -0.4 is 0 Å². The lowest BCUT2D eigenvalue weighted by molar-refractivity contribution is -0.167. The van der Waals surface area contributed by atoms with Gasteiger partial charge in [-0.15, -0.1) is 0 Å². The SMILES string of the molecule is COC(=O)[C@H](CC(=O)[C@H]1CC[C@H]2[C@@H]3CC[C@@H]4C[C@H](OC(C)=O)CC[C@]4(C)[C@H]3CC[C@]12C)OC(C)=O. The fraction of sp³-hybridized carbons (Fsp3) is 0.857. The van der Waals surface area contributed by atoms with Crippen molar-refractivity contribution in [1.82, 2.24) is 0 Å². The number of rotatable bonds is 6. The summed E-state index contributed by atoms with van der Waals surface area (Å²) in [5.74, 6) is 0.835. The van der Waals surface area contributed by atoms with Crippen molar-refractivity contribution in [3.8, 4) is 0 Å². The van der Waals surface area contributed by atoms with Gasteiger partial charge < -0.3 is 14.2 Å². The molecular formula is C28H42O7. The zero-order valence-corrected chi connectivity index (χ0v) is 22.0. The molecule has 0 spiro atoms. The van der Waals surface area contributed by atoms with Crippen LogP contribution >= 0.6 is 0 Å². The Bertz CT molecular complexity index is 867. The first kappa shape index (κ1) is 26.2. The topological polar surface area (TPSA) is 96.0 Å². The summed E-state index contributed by atoms with van der Waals surface area (Å²) in [4.78, 5) is 48.6. The maximum absolute atomic E-state index is 13.5. The fourth-order valence-corrected chi connectivity index (χ4v) is 8.92. The van der Waals surface area contributed by atoms with Gasteiger partial charge in [0.2, 0.25) is 6.10 Å². The van der Waals surface area contributed by atoms with E-state index in [0.717, 1.165) is 51.4 Å². The number of hydrogen-bond donors (Lipinski definition) is 0. The predicted molar refractivity (Wildman–Crippen MR) is 128 cm³/mol. The van der Waals surface area contributed by atoms with Gasteiger partial charge in [-0.3, -0.25) is 14.4 Å². The number of methoxy groups -OCH3 is 1. The number of carbonyl (C=O) groups is 4. The van der Waals surface area contributed by atoms with Crippen molar-refractivity contribution < 1.29 is 33.4 Å². The highest BCUT2D eigenvalue weighted by Gasteiger charge is 2.61. The highest BCUT2D eigenvalue weighted by molar-refractivity contribution is 5.89. The van der Waals surface area contributed by atoms with Crippen molar-refractivity contribution in [3.63, 3.8) is 0 Å². The molecule has 0 N–H and O–H groups in total. The van der Waals surface area contributed by atoms with Crippen molar-refractivity contribution >= 4 is 23.7 Å². The lowest BCUT2D eigenvalue weighted by Gasteiger charge is -2.61. The number of hydrogen-bond acceptors (Lipinski definition) is 7. The second kappa shape index (κ2) is 9.85. The van der Waals surface area contributed by atoms with Gasteiger partial charge in [-0.1, -0.05) is 13.8 Å². The van der Waals surface area contributed by atoms with E-state index < -0.39 is 18.0 Å². The van der Waals surface area contributed by atoms with Crippen LogP contribution in [0.15, 0.2) is 0 Å². The minimum atomic E-state index is -1.16. The molecule has 0 aromatic rings.